The van der Waals surface area contributed by atoms with Crippen LogP contribution in [0.25, 0.3) is 0 Å². The van der Waals surface area contributed by atoms with Gasteiger partial charge in [0, 0.05) is 17.5 Å². The molecule has 0 aliphatic rings. The van der Waals surface area contributed by atoms with Crippen LogP contribution in [0.4, 0.5) is 18.3 Å². The third-order valence-electron chi connectivity index (χ3n) is 3.48. The van der Waals surface area contributed by atoms with Crippen molar-refractivity contribution in [3.05, 3.63) is 68.4 Å². The highest BCUT2D eigenvalue weighted by molar-refractivity contribution is 7.16. The van der Waals surface area contributed by atoms with Crippen LogP contribution in [0.3, 0.4) is 0 Å². The first-order valence-corrected chi connectivity index (χ1v) is 8.99. The van der Waals surface area contributed by atoms with Crippen molar-refractivity contribution >= 4 is 33.7 Å². The molecule has 3 aromatic rings. The molecule has 0 atom stereocenters. The molecule has 0 aliphatic carbocycles. The Morgan fingerprint density at radius 2 is 2.08 bits per heavy atom. The van der Waals surface area contributed by atoms with Gasteiger partial charge in [-0.25, -0.2) is 4.98 Å². The van der Waals surface area contributed by atoms with Crippen LogP contribution < -0.4 is 5.32 Å². The molecule has 0 aliphatic heterocycles. The van der Waals surface area contributed by atoms with Gasteiger partial charge >= 0.3 is 6.18 Å². The van der Waals surface area contributed by atoms with Gasteiger partial charge in [0.2, 0.25) is 0 Å². The topological polar surface area (TPSA) is 42.0 Å². The summed E-state index contributed by atoms with van der Waals surface area (Å²) in [4.78, 5) is 17.7. The summed E-state index contributed by atoms with van der Waals surface area (Å²) in [5, 5.41) is 4.99. The number of halogens is 3. The van der Waals surface area contributed by atoms with Gasteiger partial charge in [0.25, 0.3) is 5.91 Å². The van der Waals surface area contributed by atoms with Crippen molar-refractivity contribution in [3.63, 3.8) is 0 Å². The maximum atomic E-state index is 12.8. The first-order chi connectivity index (χ1) is 11.8. The Morgan fingerprint density at radius 3 is 2.76 bits per heavy atom. The number of nitrogens with one attached hydrogen (secondary N) is 1. The zero-order valence-electron chi connectivity index (χ0n) is 13.1. The van der Waals surface area contributed by atoms with E-state index in [1.165, 1.54) is 28.7 Å². The van der Waals surface area contributed by atoms with Gasteiger partial charge in [-0.3, -0.25) is 10.1 Å². The Hall–Kier alpha value is -2.19. The normalized spacial score (nSPS) is 11.5. The lowest BCUT2D eigenvalue weighted by Crippen LogP contribution is -2.10. The molecule has 3 rings (SSSR count). The number of carbonyl (C=O) groups is 1. The fraction of sp³-hybridized carbons (Fsp3) is 0.176. The number of aromatic nitrogens is 1. The zero-order valence-corrected chi connectivity index (χ0v) is 14.7. The van der Waals surface area contributed by atoms with E-state index in [0.717, 1.165) is 22.6 Å². The Kier molecular flexibility index (Phi) is 4.91. The smallest absolute Gasteiger partial charge is 0.297 e. The third-order valence-corrected chi connectivity index (χ3v) is 5.40. The number of thiophene rings is 1. The first-order valence-electron chi connectivity index (χ1n) is 7.29. The second kappa shape index (κ2) is 6.97. The average Bonchev–Trinajstić information content (AvgIpc) is 3.16. The molecule has 0 bridgehead atoms. The lowest BCUT2D eigenvalue weighted by atomic mass is 10.1. The van der Waals surface area contributed by atoms with Crippen molar-refractivity contribution < 1.29 is 18.0 Å². The molecular formula is C17H13F3N2OS2. The summed E-state index contributed by atoms with van der Waals surface area (Å²) in [5.74, 6) is -0.229. The van der Waals surface area contributed by atoms with Gasteiger partial charge in [0.1, 0.15) is 0 Å². The van der Waals surface area contributed by atoms with E-state index in [2.05, 4.69) is 10.3 Å². The maximum absolute atomic E-state index is 12.8. The first kappa shape index (κ1) is 17.6. The Labute approximate surface area is 150 Å². The fourth-order valence-electron chi connectivity index (χ4n) is 2.27. The number of aryl methyl sites for hydroxylation is 1. The number of benzene rings is 1. The fourth-order valence-corrected chi connectivity index (χ4v) is 3.93. The van der Waals surface area contributed by atoms with Gasteiger partial charge in [0.15, 0.2) is 5.13 Å². The molecule has 0 fully saturated rings. The molecule has 8 heteroatoms. The monoisotopic (exact) mass is 382 g/mol. The van der Waals surface area contributed by atoms with Crippen molar-refractivity contribution in [2.75, 3.05) is 5.32 Å². The van der Waals surface area contributed by atoms with Gasteiger partial charge in [-0.1, -0.05) is 18.2 Å². The molecule has 2 heterocycles. The van der Waals surface area contributed by atoms with Gasteiger partial charge in [-0.2, -0.15) is 13.2 Å². The van der Waals surface area contributed by atoms with Crippen molar-refractivity contribution in [3.8, 4) is 0 Å². The third kappa shape index (κ3) is 4.26. The molecular weight excluding hydrogens is 369 g/mol. The van der Waals surface area contributed by atoms with E-state index in [-0.39, 0.29) is 5.91 Å². The molecule has 0 unspecified atom stereocenters. The van der Waals surface area contributed by atoms with E-state index < -0.39 is 11.7 Å². The predicted molar refractivity (Wildman–Crippen MR) is 93.4 cm³/mol. The highest BCUT2D eigenvalue weighted by Crippen LogP contribution is 2.30. The number of anilines is 1. The molecule has 25 heavy (non-hydrogen) atoms. The van der Waals surface area contributed by atoms with Crippen LogP contribution in [0.1, 0.15) is 31.2 Å². The Balaban J connectivity index is 1.70. The largest absolute Gasteiger partial charge is 0.416 e. The summed E-state index contributed by atoms with van der Waals surface area (Å²) in [6, 6.07) is 7.07. The average molecular weight is 382 g/mol. The minimum Gasteiger partial charge on any atom is -0.297 e. The van der Waals surface area contributed by atoms with Crippen LogP contribution >= 0.6 is 22.7 Å². The minimum absolute atomic E-state index is 0.229. The summed E-state index contributed by atoms with van der Waals surface area (Å²) in [5.41, 5.74) is 0.768. The minimum atomic E-state index is -4.36. The van der Waals surface area contributed by atoms with Crippen LogP contribution in [-0.2, 0) is 12.6 Å². The number of hydrogen-bond donors (Lipinski definition) is 1. The van der Waals surface area contributed by atoms with Gasteiger partial charge in [0.05, 0.1) is 10.4 Å². The molecule has 2 aromatic heterocycles. The highest BCUT2D eigenvalue weighted by atomic mass is 32.1. The van der Waals surface area contributed by atoms with E-state index in [9.17, 15) is 18.0 Å². The van der Waals surface area contributed by atoms with E-state index in [0.29, 0.717) is 22.0 Å². The van der Waals surface area contributed by atoms with E-state index >= 15 is 0 Å². The maximum Gasteiger partial charge on any atom is 0.416 e. The number of carbonyl (C=O) groups excluding carboxylic acids is 1. The summed E-state index contributed by atoms with van der Waals surface area (Å²) < 4.78 is 38.3. The van der Waals surface area contributed by atoms with Crippen molar-refractivity contribution in [1.82, 2.24) is 4.98 Å². The molecule has 1 aromatic carbocycles. The van der Waals surface area contributed by atoms with E-state index in [1.807, 2.05) is 18.4 Å². The van der Waals surface area contributed by atoms with Gasteiger partial charge in [-0.05, 0) is 35.6 Å². The number of rotatable bonds is 4. The molecule has 1 amide bonds. The molecule has 130 valence electrons. The number of nitrogens with zero attached hydrogens (tertiary/aromatic N) is 1. The van der Waals surface area contributed by atoms with Crippen molar-refractivity contribution in [1.29, 1.82) is 0 Å². The second-order valence-corrected chi connectivity index (χ2v) is 7.42. The van der Waals surface area contributed by atoms with Gasteiger partial charge in [-0.15, -0.1) is 22.7 Å². The number of hydrogen-bond acceptors (Lipinski definition) is 4. The Morgan fingerprint density at radius 1 is 1.28 bits per heavy atom. The standard InChI is InChI=1S/C17H13F3N2OS2/c1-10-5-6-24-14(10)15(23)22-16-21-9-13(25-16)8-11-3-2-4-12(7-11)17(18,19)20/h2-7,9H,8H2,1H3,(H,21,22,23). The van der Waals surface area contributed by atoms with Crippen LogP contribution in [0.2, 0.25) is 0 Å². The van der Waals surface area contributed by atoms with Crippen molar-refractivity contribution in [2.45, 2.75) is 19.5 Å². The van der Waals surface area contributed by atoms with E-state index in [4.69, 9.17) is 0 Å². The molecule has 1 N–H and O–H groups in total. The van der Waals surface area contributed by atoms with Crippen LogP contribution in [0.15, 0.2) is 41.9 Å². The van der Waals surface area contributed by atoms with E-state index in [1.54, 1.807) is 12.3 Å². The van der Waals surface area contributed by atoms with Crippen molar-refractivity contribution in [2.24, 2.45) is 0 Å². The molecule has 0 spiro atoms. The number of alkyl halides is 3. The lowest BCUT2D eigenvalue weighted by molar-refractivity contribution is -0.137. The molecule has 0 saturated heterocycles. The zero-order chi connectivity index (χ0) is 18.0. The quantitative estimate of drug-likeness (QED) is 0.659. The molecule has 0 saturated carbocycles. The summed E-state index contributed by atoms with van der Waals surface area (Å²) in [6.07, 6.45) is -2.46. The van der Waals surface area contributed by atoms with Crippen LogP contribution in [0, 0.1) is 6.92 Å². The SMILES string of the molecule is Cc1ccsc1C(=O)Nc1ncc(Cc2cccc(C(F)(F)F)c2)s1. The van der Waals surface area contributed by atoms with Gasteiger partial charge < -0.3 is 0 Å². The summed E-state index contributed by atoms with van der Waals surface area (Å²) in [6.45, 7) is 1.85. The number of thiazole rings is 1. The number of amides is 1. The second-order valence-electron chi connectivity index (χ2n) is 5.39. The molecule has 3 nitrogen and oxygen atoms in total. The van der Waals surface area contributed by atoms with Crippen LogP contribution in [0.5, 0.6) is 0 Å². The summed E-state index contributed by atoms with van der Waals surface area (Å²) >= 11 is 2.60. The predicted octanol–water partition coefficient (Wildman–Crippen LogP) is 5.37. The summed E-state index contributed by atoms with van der Waals surface area (Å²) in [7, 11) is 0. The molecule has 0 radical (unpaired) electrons. The highest BCUT2D eigenvalue weighted by Gasteiger charge is 2.30. The Bertz CT molecular complexity index is 899. The lowest BCUT2D eigenvalue weighted by Gasteiger charge is -2.07. The van der Waals surface area contributed by atoms with Crippen LogP contribution in [-0.4, -0.2) is 10.9 Å².